The van der Waals surface area contributed by atoms with Crippen LogP contribution in [-0.4, -0.2) is 50.7 Å². The highest BCUT2D eigenvalue weighted by Crippen LogP contribution is 2.45. The Bertz CT molecular complexity index is 2080. The van der Waals surface area contributed by atoms with Gasteiger partial charge in [0.05, 0.1) is 15.5 Å². The second kappa shape index (κ2) is 12.6. The van der Waals surface area contributed by atoms with Crippen molar-refractivity contribution >= 4 is 35.4 Å². The van der Waals surface area contributed by atoms with Crippen LogP contribution in [0.1, 0.15) is 6.23 Å². The second-order valence-electron chi connectivity index (χ2n) is 9.68. The van der Waals surface area contributed by atoms with E-state index in [0.717, 1.165) is 33.0 Å². The number of hydrogen-bond donors (Lipinski definition) is 3. The first-order valence-corrected chi connectivity index (χ1v) is 14.8. The molecule has 0 saturated carbocycles. The van der Waals surface area contributed by atoms with Crippen LogP contribution in [-0.2, 0) is 0 Å². The molecule has 0 radical (unpaired) electrons. The molecule has 6 aromatic rings. The Kier molecular flexibility index (Phi) is 8.28. The van der Waals surface area contributed by atoms with Crippen LogP contribution in [0.15, 0.2) is 103 Å². The van der Waals surface area contributed by atoms with Crippen molar-refractivity contribution in [2.45, 2.75) is 11.3 Å². The van der Waals surface area contributed by atoms with E-state index in [1.165, 1.54) is 36.0 Å². The van der Waals surface area contributed by atoms with Gasteiger partial charge >= 0.3 is 0 Å². The molecule has 15 heteroatoms. The van der Waals surface area contributed by atoms with Gasteiger partial charge in [0.2, 0.25) is 0 Å². The standard InChI is InChI=1S/C16H12N4O3S.C14H10N4O2S/c21-13-9-24-16-14(10-4-6-17-7-5-10)15(18-19(13)16)11-2-1-3-12(8-11)20(22)23;19-18(20)11-3-1-2-10(8-11)13-12(14(21)17-16-13)9-4-6-15-7-5-9/h1-8,13,21H,9H2;1-8H,(H2,16,17,21). The van der Waals surface area contributed by atoms with Gasteiger partial charge in [0.15, 0.2) is 6.23 Å². The Morgan fingerprint density at radius 1 is 0.800 bits per heavy atom. The summed E-state index contributed by atoms with van der Waals surface area (Å²) in [4.78, 5) is 29.1. The highest BCUT2D eigenvalue weighted by Gasteiger charge is 2.30. The lowest BCUT2D eigenvalue weighted by Crippen LogP contribution is -2.06. The average molecular weight is 639 g/mol. The lowest BCUT2D eigenvalue weighted by Gasteiger charge is -2.05. The summed E-state index contributed by atoms with van der Waals surface area (Å²) in [6.07, 6.45) is 6.03. The van der Waals surface area contributed by atoms with Crippen LogP contribution < -0.4 is 0 Å². The van der Waals surface area contributed by atoms with E-state index in [0.29, 0.717) is 27.2 Å². The lowest BCUT2D eigenvalue weighted by molar-refractivity contribution is -0.385. The van der Waals surface area contributed by atoms with Gasteiger partial charge in [0.25, 0.3) is 11.4 Å². The fourth-order valence-electron chi connectivity index (χ4n) is 4.87. The van der Waals surface area contributed by atoms with E-state index in [2.05, 4.69) is 25.3 Å². The van der Waals surface area contributed by atoms with E-state index >= 15 is 0 Å². The molecule has 45 heavy (non-hydrogen) atoms. The summed E-state index contributed by atoms with van der Waals surface area (Å²) < 4.78 is 2.12. The van der Waals surface area contributed by atoms with Gasteiger partial charge < -0.3 is 5.11 Å². The molecule has 224 valence electrons. The maximum absolute atomic E-state index is 11.1. The predicted molar refractivity (Wildman–Crippen MR) is 171 cm³/mol. The largest absolute Gasteiger partial charge is 0.371 e. The predicted octanol–water partition coefficient (Wildman–Crippen LogP) is 6.83. The normalized spacial score (nSPS) is 13.5. The fraction of sp³-hybridized carbons (Fsp3) is 0.0667. The Balaban J connectivity index is 0.000000160. The van der Waals surface area contributed by atoms with Crippen LogP contribution in [0.5, 0.6) is 0 Å². The first kappa shape index (κ1) is 29.6. The van der Waals surface area contributed by atoms with E-state index in [-0.39, 0.29) is 11.4 Å². The number of nitro groups is 2. The molecule has 1 aliphatic heterocycles. The number of aliphatic hydroxyl groups is 1. The second-order valence-corrected chi connectivity index (χ2v) is 11.1. The van der Waals surface area contributed by atoms with E-state index in [1.807, 2.05) is 24.3 Å². The first-order valence-electron chi connectivity index (χ1n) is 13.4. The molecule has 13 nitrogen and oxygen atoms in total. The number of nitrogens with zero attached hydrogens (tertiary/aromatic N) is 6. The minimum Gasteiger partial charge on any atom is -0.371 e. The third kappa shape index (κ3) is 5.99. The van der Waals surface area contributed by atoms with E-state index in [4.69, 9.17) is 12.2 Å². The zero-order chi connectivity index (χ0) is 31.5. The summed E-state index contributed by atoms with van der Waals surface area (Å²) in [5, 5.41) is 43.3. The van der Waals surface area contributed by atoms with Crippen molar-refractivity contribution in [3.63, 3.8) is 0 Å². The van der Waals surface area contributed by atoms with Gasteiger partial charge in [0.1, 0.15) is 15.4 Å². The van der Waals surface area contributed by atoms with Crippen LogP contribution in [0.25, 0.3) is 44.8 Å². The molecular weight excluding hydrogens is 617 g/mol. The summed E-state index contributed by atoms with van der Waals surface area (Å²) in [6.45, 7) is 0. The number of H-pyrrole nitrogens is 2. The number of nitro benzene ring substituents is 2. The molecule has 1 unspecified atom stereocenters. The summed E-state index contributed by atoms with van der Waals surface area (Å²) in [7, 11) is 0. The Morgan fingerprint density at radius 2 is 1.36 bits per heavy atom. The molecule has 0 aliphatic carbocycles. The molecule has 1 aliphatic rings. The minimum absolute atomic E-state index is 0.00883. The van der Waals surface area contributed by atoms with Gasteiger partial charge in [-0.05, 0) is 35.4 Å². The van der Waals surface area contributed by atoms with E-state index < -0.39 is 16.1 Å². The van der Waals surface area contributed by atoms with Gasteiger partial charge in [-0.1, -0.05) is 36.5 Å². The monoisotopic (exact) mass is 638 g/mol. The topological polar surface area (TPSA) is 182 Å². The highest BCUT2D eigenvalue weighted by molar-refractivity contribution is 7.99. The van der Waals surface area contributed by atoms with E-state index in [1.54, 1.807) is 53.7 Å². The fourth-order valence-corrected chi connectivity index (χ4v) is 6.25. The number of hydrogen-bond acceptors (Lipinski definition) is 10. The molecule has 7 rings (SSSR count). The quantitative estimate of drug-likeness (QED) is 0.0993. The van der Waals surface area contributed by atoms with Crippen LogP contribution in [0.4, 0.5) is 11.4 Å². The third-order valence-electron chi connectivity index (χ3n) is 6.91. The van der Waals surface area contributed by atoms with Gasteiger partial charge in [-0.3, -0.25) is 40.4 Å². The van der Waals surface area contributed by atoms with Gasteiger partial charge in [-0.2, -0.15) is 5.10 Å². The zero-order valence-electron chi connectivity index (χ0n) is 23.1. The average Bonchev–Trinajstić information content (AvgIpc) is 3.76. The van der Waals surface area contributed by atoms with Crippen LogP contribution in [0.3, 0.4) is 0 Å². The molecule has 4 aromatic heterocycles. The Labute approximate surface area is 263 Å². The van der Waals surface area contributed by atoms with Crippen LogP contribution >= 0.6 is 24.0 Å². The number of thioether (sulfide) groups is 1. The number of aromatic nitrogens is 6. The van der Waals surface area contributed by atoms with Crippen molar-refractivity contribution < 1.29 is 15.0 Å². The molecule has 5 heterocycles. The van der Waals surface area contributed by atoms with Crippen molar-refractivity contribution in [1.29, 1.82) is 0 Å². The van der Waals surface area contributed by atoms with Gasteiger partial charge in [-0.25, -0.2) is 4.68 Å². The number of fused-ring (bicyclic) bond motifs is 1. The van der Waals surface area contributed by atoms with Crippen LogP contribution in [0, 0.1) is 24.9 Å². The summed E-state index contributed by atoms with van der Waals surface area (Å²) >= 11 is 6.82. The number of non-ortho nitro benzene ring substituents is 2. The van der Waals surface area contributed by atoms with Crippen molar-refractivity contribution in [3.8, 4) is 44.8 Å². The number of aromatic amines is 2. The highest BCUT2D eigenvalue weighted by atomic mass is 32.2. The maximum atomic E-state index is 11.1. The maximum Gasteiger partial charge on any atom is 0.270 e. The number of benzene rings is 2. The van der Waals surface area contributed by atoms with Crippen molar-refractivity contribution in [2.75, 3.05) is 5.75 Å². The Hall–Kier alpha value is -5.51. The SMILES string of the molecule is O=[N+]([O-])c1cccc(-c2[nH][nH]c(=S)c2-c2ccncc2)c1.O=[N+]([O-])c1cccc(-c2nn3c(c2-c2ccncc2)SCC3O)c1. The molecule has 0 fully saturated rings. The Morgan fingerprint density at radius 3 is 1.96 bits per heavy atom. The number of aliphatic hydroxyl groups excluding tert-OH is 1. The zero-order valence-corrected chi connectivity index (χ0v) is 24.7. The summed E-state index contributed by atoms with van der Waals surface area (Å²) in [5.74, 6) is 0.537. The molecule has 3 N–H and O–H groups in total. The molecular formula is C30H22N8O5S2. The number of pyridine rings is 2. The third-order valence-corrected chi connectivity index (χ3v) is 8.35. The minimum atomic E-state index is -0.696. The molecule has 0 saturated heterocycles. The summed E-state index contributed by atoms with van der Waals surface area (Å²) in [5.41, 5.74) is 6.19. The van der Waals surface area contributed by atoms with Crippen molar-refractivity contribution in [2.24, 2.45) is 0 Å². The first-order chi connectivity index (χ1) is 21.8. The molecule has 0 spiro atoms. The van der Waals surface area contributed by atoms with Crippen LogP contribution in [0.2, 0.25) is 0 Å². The molecule has 2 aromatic carbocycles. The van der Waals surface area contributed by atoms with E-state index in [9.17, 15) is 25.3 Å². The summed E-state index contributed by atoms with van der Waals surface area (Å²) in [6, 6.07) is 20.2. The number of rotatable bonds is 6. The van der Waals surface area contributed by atoms with Crippen molar-refractivity contribution in [3.05, 3.63) is 122 Å². The van der Waals surface area contributed by atoms with Crippen molar-refractivity contribution in [1.82, 2.24) is 29.9 Å². The lowest BCUT2D eigenvalue weighted by atomic mass is 10.0. The number of nitrogens with one attached hydrogen (secondary N) is 2. The molecule has 0 bridgehead atoms. The van der Waals surface area contributed by atoms with Gasteiger partial charge in [0, 0.05) is 77.1 Å². The van der Waals surface area contributed by atoms with Gasteiger partial charge in [-0.15, -0.1) is 11.8 Å². The molecule has 0 amide bonds. The molecule has 1 atom stereocenters. The smallest absolute Gasteiger partial charge is 0.270 e.